The second-order valence-electron chi connectivity index (χ2n) is 3.50. The summed E-state index contributed by atoms with van der Waals surface area (Å²) in [4.78, 5) is 11.7. The molecule has 1 N–H and O–H groups in total. The molecule has 1 aromatic carbocycles. The lowest BCUT2D eigenvalue weighted by atomic mass is 10.1. The third-order valence-corrected chi connectivity index (χ3v) is 2.26. The van der Waals surface area contributed by atoms with E-state index in [0.29, 0.717) is 11.1 Å². The van der Waals surface area contributed by atoms with Crippen LogP contribution >= 0.6 is 0 Å². The third kappa shape index (κ3) is 2.11. The zero-order valence-electron chi connectivity index (χ0n) is 8.77. The van der Waals surface area contributed by atoms with E-state index in [4.69, 9.17) is 0 Å². The van der Waals surface area contributed by atoms with E-state index in [-0.39, 0.29) is 11.7 Å². The second-order valence-corrected chi connectivity index (χ2v) is 3.50. The van der Waals surface area contributed by atoms with Crippen molar-refractivity contribution in [2.24, 2.45) is 0 Å². The highest BCUT2D eigenvalue weighted by Crippen LogP contribution is 2.09. The van der Waals surface area contributed by atoms with Crippen molar-refractivity contribution >= 4 is 5.91 Å². The number of benzene rings is 1. The highest BCUT2D eigenvalue weighted by Gasteiger charge is 2.07. The Morgan fingerprint density at radius 1 is 1.31 bits per heavy atom. The number of halogens is 1. The molecular formula is C12H11FN2O. The number of carbonyl (C=O) groups excluding carboxylic acids is 1. The van der Waals surface area contributed by atoms with Crippen molar-refractivity contribution in [1.82, 2.24) is 4.68 Å². The molecule has 0 aliphatic rings. The molecule has 0 fully saturated rings. The van der Waals surface area contributed by atoms with Crippen molar-refractivity contribution in [3.05, 3.63) is 59.7 Å². The van der Waals surface area contributed by atoms with Gasteiger partial charge in [-0.2, -0.15) is 0 Å². The maximum atomic E-state index is 13.0. The van der Waals surface area contributed by atoms with E-state index >= 15 is 0 Å². The zero-order valence-corrected chi connectivity index (χ0v) is 8.77. The van der Waals surface area contributed by atoms with E-state index < -0.39 is 0 Å². The van der Waals surface area contributed by atoms with Crippen molar-refractivity contribution in [1.29, 1.82) is 0 Å². The number of aromatic nitrogens is 1. The quantitative estimate of drug-likeness (QED) is 0.824. The highest BCUT2D eigenvalue weighted by atomic mass is 19.1. The van der Waals surface area contributed by atoms with Crippen molar-refractivity contribution in [3.8, 4) is 0 Å². The molecule has 0 bridgehead atoms. The van der Waals surface area contributed by atoms with E-state index in [2.05, 4.69) is 5.43 Å². The van der Waals surface area contributed by atoms with Crippen LogP contribution in [0.1, 0.15) is 15.9 Å². The Kier molecular flexibility index (Phi) is 2.72. The Balaban J connectivity index is 2.18. The molecular weight excluding hydrogens is 207 g/mol. The summed E-state index contributed by atoms with van der Waals surface area (Å²) in [5, 5.41) is 0. The molecule has 1 amide bonds. The fourth-order valence-corrected chi connectivity index (χ4v) is 1.38. The normalized spacial score (nSPS) is 10.1. The topological polar surface area (TPSA) is 34.0 Å². The van der Waals surface area contributed by atoms with Crippen molar-refractivity contribution in [2.75, 3.05) is 5.43 Å². The van der Waals surface area contributed by atoms with Crippen molar-refractivity contribution in [2.45, 2.75) is 6.92 Å². The number of rotatable bonds is 2. The van der Waals surface area contributed by atoms with Crippen LogP contribution in [0.3, 0.4) is 0 Å². The maximum Gasteiger partial charge on any atom is 0.270 e. The molecule has 1 heterocycles. The predicted octanol–water partition coefficient (Wildman–Crippen LogP) is 2.32. The first-order valence-electron chi connectivity index (χ1n) is 4.87. The summed E-state index contributed by atoms with van der Waals surface area (Å²) in [5.74, 6) is -0.572. The van der Waals surface area contributed by atoms with Crippen LogP contribution in [0.25, 0.3) is 0 Å². The van der Waals surface area contributed by atoms with Crippen LogP contribution in [0.15, 0.2) is 42.7 Å². The van der Waals surface area contributed by atoms with Gasteiger partial charge in [0.1, 0.15) is 5.82 Å². The fraction of sp³-hybridized carbons (Fsp3) is 0.0833. The van der Waals surface area contributed by atoms with E-state index in [9.17, 15) is 9.18 Å². The van der Waals surface area contributed by atoms with Gasteiger partial charge in [0.25, 0.3) is 5.91 Å². The largest absolute Gasteiger partial charge is 0.270 e. The number of nitrogens with zero attached hydrogens (tertiary/aromatic N) is 1. The van der Waals surface area contributed by atoms with Crippen LogP contribution in [0.2, 0.25) is 0 Å². The van der Waals surface area contributed by atoms with E-state index in [1.54, 1.807) is 36.1 Å². The molecule has 0 radical (unpaired) electrons. The molecule has 4 heteroatoms. The lowest BCUT2D eigenvalue weighted by Gasteiger charge is -2.06. The van der Waals surface area contributed by atoms with Crippen LogP contribution in [0.5, 0.6) is 0 Å². The molecule has 82 valence electrons. The van der Waals surface area contributed by atoms with Crippen LogP contribution in [-0.2, 0) is 0 Å². The molecule has 0 atom stereocenters. The first kappa shape index (κ1) is 10.4. The number of hydrogen-bond donors (Lipinski definition) is 1. The molecule has 0 spiro atoms. The molecule has 0 saturated heterocycles. The monoisotopic (exact) mass is 218 g/mol. The van der Waals surface area contributed by atoms with Gasteiger partial charge in [0.05, 0.1) is 0 Å². The number of amides is 1. The van der Waals surface area contributed by atoms with Gasteiger partial charge in [-0.15, -0.1) is 0 Å². The van der Waals surface area contributed by atoms with Gasteiger partial charge in [0.2, 0.25) is 0 Å². The van der Waals surface area contributed by atoms with Gasteiger partial charge >= 0.3 is 0 Å². The minimum Gasteiger partial charge on any atom is -0.268 e. The summed E-state index contributed by atoms with van der Waals surface area (Å²) in [7, 11) is 0. The molecule has 3 nitrogen and oxygen atoms in total. The summed E-state index contributed by atoms with van der Waals surface area (Å²) < 4.78 is 14.5. The SMILES string of the molecule is Cc1cc(C(=O)Nn2cccc2)ccc1F. The van der Waals surface area contributed by atoms with Gasteiger partial charge in [0.15, 0.2) is 0 Å². The highest BCUT2D eigenvalue weighted by molar-refractivity contribution is 6.00. The molecule has 0 aliphatic carbocycles. The van der Waals surface area contributed by atoms with Gasteiger partial charge in [-0.05, 0) is 42.8 Å². The second kappa shape index (κ2) is 4.18. The first-order chi connectivity index (χ1) is 7.66. The van der Waals surface area contributed by atoms with Crippen molar-refractivity contribution < 1.29 is 9.18 Å². The average Bonchev–Trinajstić information content (AvgIpc) is 2.74. The molecule has 0 aliphatic heterocycles. The number of hydrogen-bond acceptors (Lipinski definition) is 1. The van der Waals surface area contributed by atoms with Crippen molar-refractivity contribution in [3.63, 3.8) is 0 Å². The van der Waals surface area contributed by atoms with E-state index in [0.717, 1.165) is 0 Å². The van der Waals surface area contributed by atoms with Gasteiger partial charge in [0, 0.05) is 18.0 Å². The zero-order chi connectivity index (χ0) is 11.5. The number of nitrogens with one attached hydrogen (secondary N) is 1. The van der Waals surface area contributed by atoms with Gasteiger partial charge in [-0.25, -0.2) is 4.39 Å². The maximum absolute atomic E-state index is 13.0. The molecule has 1 aromatic heterocycles. The van der Waals surface area contributed by atoms with Crippen LogP contribution in [-0.4, -0.2) is 10.6 Å². The Labute approximate surface area is 92.5 Å². The fourth-order valence-electron chi connectivity index (χ4n) is 1.38. The van der Waals surface area contributed by atoms with Gasteiger partial charge in [-0.3, -0.25) is 14.9 Å². The lowest BCUT2D eigenvalue weighted by molar-refractivity contribution is 0.101. The van der Waals surface area contributed by atoms with E-state index in [1.807, 2.05) is 0 Å². The Morgan fingerprint density at radius 2 is 2.00 bits per heavy atom. The molecule has 0 unspecified atom stereocenters. The van der Waals surface area contributed by atoms with Gasteiger partial charge in [-0.1, -0.05) is 0 Å². The van der Waals surface area contributed by atoms with Crippen LogP contribution < -0.4 is 5.43 Å². The summed E-state index contributed by atoms with van der Waals surface area (Å²) in [6, 6.07) is 7.88. The van der Waals surface area contributed by atoms with Crippen LogP contribution in [0.4, 0.5) is 4.39 Å². The summed E-state index contributed by atoms with van der Waals surface area (Å²) in [6.07, 6.45) is 3.43. The predicted molar refractivity (Wildman–Crippen MR) is 59.3 cm³/mol. The molecule has 16 heavy (non-hydrogen) atoms. The minimum absolute atomic E-state index is 0.265. The Bertz CT molecular complexity index is 506. The third-order valence-electron chi connectivity index (χ3n) is 2.26. The lowest BCUT2D eigenvalue weighted by Crippen LogP contribution is -2.21. The first-order valence-corrected chi connectivity index (χ1v) is 4.87. The molecule has 0 saturated carbocycles. The summed E-state index contributed by atoms with van der Waals surface area (Å²) >= 11 is 0. The molecule has 2 aromatic rings. The van der Waals surface area contributed by atoms with Gasteiger partial charge < -0.3 is 0 Å². The Hall–Kier alpha value is -2.10. The Morgan fingerprint density at radius 3 is 2.62 bits per heavy atom. The summed E-state index contributed by atoms with van der Waals surface area (Å²) in [5.41, 5.74) is 3.54. The average molecular weight is 218 g/mol. The minimum atomic E-state index is -0.308. The standard InChI is InChI=1S/C12H11FN2O/c1-9-8-10(4-5-11(9)13)12(16)14-15-6-2-3-7-15/h2-8H,1H3,(H,14,16). The number of carbonyl (C=O) groups is 1. The van der Waals surface area contributed by atoms with Crippen LogP contribution in [0, 0.1) is 12.7 Å². The smallest absolute Gasteiger partial charge is 0.268 e. The number of aryl methyl sites for hydroxylation is 1. The summed E-state index contributed by atoms with van der Waals surface area (Å²) in [6.45, 7) is 1.63. The molecule has 2 rings (SSSR count). The van der Waals surface area contributed by atoms with E-state index in [1.165, 1.54) is 18.2 Å².